The summed E-state index contributed by atoms with van der Waals surface area (Å²) in [7, 11) is 0. The number of hydrogen-bond donors (Lipinski definition) is 0. The maximum absolute atomic E-state index is 6.72. The monoisotopic (exact) mass is 816 g/mol. The minimum absolute atomic E-state index is 0.419. The van der Waals surface area contributed by atoms with Crippen LogP contribution in [0.3, 0.4) is 0 Å². The summed E-state index contributed by atoms with van der Waals surface area (Å²) in [5.74, 6) is 4.87. The van der Waals surface area contributed by atoms with Crippen LogP contribution in [-0.2, 0) is 5.41 Å². The van der Waals surface area contributed by atoms with Crippen LogP contribution in [0.2, 0.25) is 0 Å². The maximum atomic E-state index is 6.72. The van der Waals surface area contributed by atoms with Crippen molar-refractivity contribution in [2.75, 3.05) is 26.4 Å². The Balaban J connectivity index is 1.67. The van der Waals surface area contributed by atoms with E-state index in [4.69, 9.17) is 18.9 Å². The van der Waals surface area contributed by atoms with E-state index in [1.807, 2.05) is 0 Å². The van der Waals surface area contributed by atoms with Crippen LogP contribution in [0.5, 0.6) is 23.0 Å². The second kappa shape index (κ2) is 16.0. The molecule has 6 rings (SSSR count). The van der Waals surface area contributed by atoms with Crippen molar-refractivity contribution in [1.82, 2.24) is 0 Å². The number of rotatable bonds is 16. The highest BCUT2D eigenvalue weighted by molar-refractivity contribution is 9.10. The van der Waals surface area contributed by atoms with Crippen molar-refractivity contribution in [3.8, 4) is 45.3 Å². The Morgan fingerprint density at radius 2 is 0.725 bits per heavy atom. The lowest BCUT2D eigenvalue weighted by molar-refractivity contribution is 0.217. The van der Waals surface area contributed by atoms with Crippen molar-refractivity contribution < 1.29 is 18.9 Å². The second-order valence-electron chi connectivity index (χ2n) is 15.1. The van der Waals surface area contributed by atoms with E-state index < -0.39 is 5.41 Å². The summed E-state index contributed by atoms with van der Waals surface area (Å²) in [5.41, 5.74) is 9.00. The van der Waals surface area contributed by atoms with Gasteiger partial charge in [0.1, 0.15) is 0 Å². The molecule has 6 heteroatoms. The minimum atomic E-state index is -0.615. The minimum Gasteiger partial charge on any atom is -0.489 e. The zero-order valence-corrected chi connectivity index (χ0v) is 34.8. The van der Waals surface area contributed by atoms with Crippen molar-refractivity contribution in [2.24, 2.45) is 23.7 Å². The predicted molar refractivity (Wildman–Crippen MR) is 218 cm³/mol. The molecule has 51 heavy (non-hydrogen) atoms. The molecule has 0 amide bonds. The number of benzene rings is 4. The largest absolute Gasteiger partial charge is 0.489 e. The van der Waals surface area contributed by atoms with Crippen LogP contribution in [0, 0.1) is 23.7 Å². The molecule has 0 fully saturated rings. The fourth-order valence-corrected chi connectivity index (χ4v) is 7.75. The van der Waals surface area contributed by atoms with E-state index in [1.54, 1.807) is 0 Å². The van der Waals surface area contributed by atoms with Crippen LogP contribution >= 0.6 is 31.9 Å². The van der Waals surface area contributed by atoms with Gasteiger partial charge in [-0.3, -0.25) is 0 Å². The SMILES string of the molecule is CCC(C)COc1cc2c(cc1OCC(C)CC)C1(c3cc(Br)ccc3-c3ccc(Br)cc31)c1cc(OCC(C)CC)c(OC[C@@H](C)CC)cc1-2. The third-order valence-corrected chi connectivity index (χ3v) is 12.2. The van der Waals surface area contributed by atoms with Crippen molar-refractivity contribution >= 4 is 31.9 Å². The molecule has 272 valence electrons. The fourth-order valence-electron chi connectivity index (χ4n) is 7.03. The second-order valence-corrected chi connectivity index (χ2v) is 16.9. The van der Waals surface area contributed by atoms with Gasteiger partial charge in [0.25, 0.3) is 0 Å². The lowest BCUT2D eigenvalue weighted by atomic mass is 9.70. The van der Waals surface area contributed by atoms with Gasteiger partial charge in [-0.15, -0.1) is 0 Å². The quantitative estimate of drug-likeness (QED) is 0.0975. The molecular weight excluding hydrogens is 764 g/mol. The zero-order valence-electron chi connectivity index (χ0n) is 31.6. The van der Waals surface area contributed by atoms with E-state index in [2.05, 4.69) is 148 Å². The molecule has 2 aliphatic rings. The van der Waals surface area contributed by atoms with Gasteiger partial charge in [-0.2, -0.15) is 0 Å². The molecule has 4 aromatic carbocycles. The molecule has 0 N–H and O–H groups in total. The molecule has 4 nitrogen and oxygen atoms in total. The van der Waals surface area contributed by atoms with E-state index in [1.165, 1.54) is 33.4 Å². The first-order valence-electron chi connectivity index (χ1n) is 19.0. The smallest absolute Gasteiger partial charge is 0.161 e. The summed E-state index contributed by atoms with van der Waals surface area (Å²) >= 11 is 7.73. The van der Waals surface area contributed by atoms with Crippen molar-refractivity contribution in [1.29, 1.82) is 0 Å². The molecule has 4 atom stereocenters. The Kier molecular flexibility index (Phi) is 11.8. The third kappa shape index (κ3) is 7.21. The van der Waals surface area contributed by atoms with Crippen LogP contribution in [0.1, 0.15) is 103 Å². The Morgan fingerprint density at radius 1 is 0.431 bits per heavy atom. The van der Waals surface area contributed by atoms with Gasteiger partial charge in [0, 0.05) is 8.95 Å². The highest BCUT2D eigenvalue weighted by Gasteiger charge is 2.53. The van der Waals surface area contributed by atoms with Gasteiger partial charge in [0.05, 0.1) is 31.8 Å². The van der Waals surface area contributed by atoms with E-state index >= 15 is 0 Å². The van der Waals surface area contributed by atoms with Gasteiger partial charge in [0.2, 0.25) is 0 Å². The van der Waals surface area contributed by atoms with Crippen molar-refractivity contribution in [2.45, 2.75) is 86.5 Å². The highest BCUT2D eigenvalue weighted by Crippen LogP contribution is 2.65. The van der Waals surface area contributed by atoms with Crippen LogP contribution < -0.4 is 18.9 Å². The summed E-state index contributed by atoms with van der Waals surface area (Å²) in [4.78, 5) is 0. The molecule has 0 aliphatic heterocycles. The summed E-state index contributed by atoms with van der Waals surface area (Å²) in [6, 6.07) is 22.5. The average Bonchev–Trinajstić information content (AvgIpc) is 3.57. The summed E-state index contributed by atoms with van der Waals surface area (Å²) in [6.45, 7) is 20.3. The Labute approximate surface area is 322 Å². The average molecular weight is 819 g/mol. The van der Waals surface area contributed by atoms with Crippen LogP contribution in [0.25, 0.3) is 22.3 Å². The van der Waals surface area contributed by atoms with Gasteiger partial charge < -0.3 is 18.9 Å². The summed E-state index contributed by atoms with van der Waals surface area (Å²) in [6.07, 6.45) is 4.19. The molecule has 0 bridgehead atoms. The molecule has 2 aliphatic carbocycles. The van der Waals surface area contributed by atoms with Crippen molar-refractivity contribution in [3.05, 3.63) is 91.9 Å². The van der Waals surface area contributed by atoms with Crippen LogP contribution in [0.4, 0.5) is 0 Å². The number of halogens is 2. The first kappa shape index (κ1) is 37.8. The van der Waals surface area contributed by atoms with Crippen LogP contribution in [-0.4, -0.2) is 26.4 Å². The normalized spacial score (nSPS) is 15.7. The molecule has 0 saturated carbocycles. The standard InChI is InChI=1S/C45H54Br2O4/c1-9-27(5)23-48-41-19-35-36-20-42(49-24-28(6)10-2)44(51-26-30(8)12-4)22-40(36)45(39(35)21-43(41)50-25-29(7)11-3)37-17-31(46)13-15-33(37)34-16-14-32(47)18-38(34)45/h13-22,27-30H,9-12,23-26H2,1-8H3/t27-,28?,29?,30?/m0/s1. The molecule has 0 aromatic heterocycles. The molecule has 4 aromatic rings. The van der Waals surface area contributed by atoms with E-state index in [9.17, 15) is 0 Å². The molecule has 1 spiro atoms. The third-order valence-electron chi connectivity index (χ3n) is 11.2. The Hall–Kier alpha value is -2.96. The number of ether oxygens (including phenoxy) is 4. The fraction of sp³-hybridized carbons (Fsp3) is 0.467. The van der Waals surface area contributed by atoms with Gasteiger partial charge in [0.15, 0.2) is 23.0 Å². The first-order chi connectivity index (χ1) is 24.5. The molecule has 0 radical (unpaired) electrons. The highest BCUT2D eigenvalue weighted by atomic mass is 79.9. The Bertz CT molecular complexity index is 1730. The number of fused-ring (bicyclic) bond motifs is 10. The topological polar surface area (TPSA) is 36.9 Å². The van der Waals surface area contributed by atoms with E-state index in [0.717, 1.165) is 68.8 Å². The first-order valence-corrected chi connectivity index (χ1v) is 20.6. The lowest BCUT2D eigenvalue weighted by Gasteiger charge is -2.31. The van der Waals surface area contributed by atoms with Gasteiger partial charge in [-0.1, -0.05) is 125 Å². The zero-order chi connectivity index (χ0) is 36.4. The van der Waals surface area contributed by atoms with Gasteiger partial charge in [-0.05, 0) is 117 Å². The van der Waals surface area contributed by atoms with Crippen molar-refractivity contribution in [3.63, 3.8) is 0 Å². The number of hydrogen-bond acceptors (Lipinski definition) is 4. The lowest BCUT2D eigenvalue weighted by Crippen LogP contribution is -2.26. The van der Waals surface area contributed by atoms with Gasteiger partial charge in [-0.25, -0.2) is 0 Å². The van der Waals surface area contributed by atoms with Gasteiger partial charge >= 0.3 is 0 Å². The summed E-state index contributed by atoms with van der Waals surface area (Å²) in [5, 5.41) is 0. The van der Waals surface area contributed by atoms with E-state index in [-0.39, 0.29) is 0 Å². The molecule has 3 unspecified atom stereocenters. The Morgan fingerprint density at radius 3 is 1.04 bits per heavy atom. The molecule has 0 saturated heterocycles. The van der Waals surface area contributed by atoms with Crippen LogP contribution in [0.15, 0.2) is 69.6 Å². The van der Waals surface area contributed by atoms with E-state index in [0.29, 0.717) is 50.1 Å². The maximum Gasteiger partial charge on any atom is 0.161 e. The molecule has 0 heterocycles. The molecular formula is C45H54Br2O4. The summed E-state index contributed by atoms with van der Waals surface area (Å²) < 4.78 is 28.8. The predicted octanol–water partition coefficient (Wildman–Crippen LogP) is 13.3.